The fourth-order valence-corrected chi connectivity index (χ4v) is 4.43. The molecule has 1 aliphatic rings. The molecule has 39 heavy (non-hydrogen) atoms. The number of nitrogens with zero attached hydrogens (tertiary/aromatic N) is 3. The van der Waals surface area contributed by atoms with Crippen LogP contribution in [0, 0.1) is 19.8 Å². The van der Waals surface area contributed by atoms with E-state index >= 15 is 0 Å². The van der Waals surface area contributed by atoms with Crippen LogP contribution in [0.4, 0.5) is 4.79 Å². The first-order valence-corrected chi connectivity index (χ1v) is 13.5. The molecular formula is C33H37N3O3. The number of carbonyl (C=O) groups excluding carboxylic acids is 2. The number of aryl methyl sites for hydroxylation is 2. The number of guanidine groups is 1. The van der Waals surface area contributed by atoms with Crippen molar-refractivity contribution in [3.63, 3.8) is 0 Å². The van der Waals surface area contributed by atoms with Crippen LogP contribution in [-0.2, 0) is 22.6 Å². The van der Waals surface area contributed by atoms with Crippen molar-refractivity contribution in [3.05, 3.63) is 112 Å². The lowest BCUT2D eigenvalue weighted by Crippen LogP contribution is -2.38. The lowest BCUT2D eigenvalue weighted by atomic mass is 10.0. The molecule has 1 aliphatic heterocycles. The molecule has 1 heterocycles. The highest BCUT2D eigenvalue weighted by Crippen LogP contribution is 2.31. The van der Waals surface area contributed by atoms with Gasteiger partial charge in [0, 0.05) is 13.0 Å². The topological polar surface area (TPSA) is 62.2 Å². The summed E-state index contributed by atoms with van der Waals surface area (Å²) in [7, 11) is 1.88. The van der Waals surface area contributed by atoms with Crippen molar-refractivity contribution >= 4 is 24.0 Å². The van der Waals surface area contributed by atoms with Crippen molar-refractivity contribution < 1.29 is 14.3 Å². The van der Waals surface area contributed by atoms with E-state index in [1.165, 1.54) is 10.5 Å². The highest BCUT2D eigenvalue weighted by molar-refractivity contribution is 6.05. The number of rotatable bonds is 7. The lowest BCUT2D eigenvalue weighted by molar-refractivity contribution is -0.121. The van der Waals surface area contributed by atoms with E-state index in [0.717, 1.165) is 28.0 Å². The zero-order valence-electron chi connectivity index (χ0n) is 23.4. The van der Waals surface area contributed by atoms with E-state index in [1.807, 2.05) is 93.4 Å². The Hall–Kier alpha value is -4.19. The molecule has 202 valence electrons. The average molecular weight is 524 g/mol. The lowest BCUT2D eigenvalue weighted by Gasteiger charge is -2.20. The quantitative estimate of drug-likeness (QED) is 0.343. The van der Waals surface area contributed by atoms with Gasteiger partial charge >= 0.3 is 6.09 Å². The van der Waals surface area contributed by atoms with Crippen molar-refractivity contribution in [3.8, 4) is 0 Å². The molecule has 3 aromatic rings. The average Bonchev–Trinajstić information content (AvgIpc) is 3.19. The van der Waals surface area contributed by atoms with E-state index in [1.54, 1.807) is 0 Å². The Kier molecular flexibility index (Phi) is 8.97. The number of hydrogen-bond donors (Lipinski definition) is 0. The zero-order valence-corrected chi connectivity index (χ0v) is 23.4. The monoisotopic (exact) mass is 523 g/mol. The second kappa shape index (κ2) is 12.6. The number of likely N-dealkylation sites (N-methyl/N-ethyl adjacent to an activating group) is 1. The van der Waals surface area contributed by atoms with E-state index in [9.17, 15) is 9.59 Å². The normalized spacial score (nSPS) is 18.0. The Morgan fingerprint density at radius 3 is 2.15 bits per heavy atom. The second-order valence-electron chi connectivity index (χ2n) is 10.2. The Morgan fingerprint density at radius 2 is 1.54 bits per heavy atom. The fraction of sp³-hybridized carbons (Fsp3) is 0.303. The molecule has 0 bridgehead atoms. The molecule has 0 radical (unpaired) electrons. The molecule has 6 nitrogen and oxygen atoms in total. The molecule has 0 aliphatic carbocycles. The van der Waals surface area contributed by atoms with Crippen molar-refractivity contribution in [2.45, 2.75) is 53.2 Å². The van der Waals surface area contributed by atoms with Crippen molar-refractivity contribution in [1.82, 2.24) is 9.80 Å². The van der Waals surface area contributed by atoms with Gasteiger partial charge in [-0.2, -0.15) is 4.99 Å². The van der Waals surface area contributed by atoms with Crippen LogP contribution in [0.15, 0.2) is 89.6 Å². The van der Waals surface area contributed by atoms with E-state index in [4.69, 9.17) is 4.74 Å². The SMILES string of the molecule is CCC(C)C(=O)/N=C1\N(C(=O)OCc2ccccc2)/C(=C\c2ccc(C)cc2)C(Cc2ccc(C)cc2)N1C. The molecule has 0 N–H and O–H groups in total. The molecule has 0 spiro atoms. The van der Waals surface area contributed by atoms with Gasteiger partial charge in [-0.25, -0.2) is 9.69 Å². The first-order valence-electron chi connectivity index (χ1n) is 13.5. The maximum atomic E-state index is 13.7. The smallest absolute Gasteiger partial charge is 0.421 e. The van der Waals surface area contributed by atoms with E-state index in [2.05, 4.69) is 36.2 Å². The molecule has 2 amide bonds. The van der Waals surface area contributed by atoms with Crippen molar-refractivity contribution in [1.29, 1.82) is 0 Å². The maximum absolute atomic E-state index is 13.7. The summed E-state index contributed by atoms with van der Waals surface area (Å²) in [5, 5.41) is 0. The highest BCUT2D eigenvalue weighted by atomic mass is 16.6. The summed E-state index contributed by atoms with van der Waals surface area (Å²) in [5.74, 6) is -0.228. The van der Waals surface area contributed by atoms with Gasteiger partial charge in [0.1, 0.15) is 6.61 Å². The largest absolute Gasteiger partial charge is 0.444 e. The summed E-state index contributed by atoms with van der Waals surface area (Å²) in [6, 6.07) is 25.8. The minimum Gasteiger partial charge on any atom is -0.444 e. The number of benzene rings is 3. The summed E-state index contributed by atoms with van der Waals surface area (Å²) in [6.45, 7) is 8.03. The van der Waals surface area contributed by atoms with Gasteiger partial charge in [-0.1, -0.05) is 104 Å². The molecular weight excluding hydrogens is 486 g/mol. The molecule has 0 aromatic heterocycles. The summed E-state index contributed by atoms with van der Waals surface area (Å²) < 4.78 is 5.79. The number of aliphatic imine (C=N–C) groups is 1. The molecule has 3 aromatic carbocycles. The van der Waals surface area contributed by atoms with Gasteiger partial charge in [0.2, 0.25) is 5.96 Å². The van der Waals surface area contributed by atoms with Crippen LogP contribution < -0.4 is 0 Å². The molecule has 6 heteroatoms. The van der Waals surface area contributed by atoms with Crippen LogP contribution in [0.25, 0.3) is 6.08 Å². The van der Waals surface area contributed by atoms with Gasteiger partial charge in [-0.3, -0.25) is 4.79 Å². The molecule has 2 unspecified atom stereocenters. The highest BCUT2D eigenvalue weighted by Gasteiger charge is 2.43. The molecule has 1 fully saturated rings. The second-order valence-corrected chi connectivity index (χ2v) is 10.2. The van der Waals surface area contributed by atoms with Crippen LogP contribution in [0.5, 0.6) is 0 Å². The summed E-state index contributed by atoms with van der Waals surface area (Å²) in [6.07, 6.45) is 2.73. The predicted molar refractivity (Wildman–Crippen MR) is 156 cm³/mol. The van der Waals surface area contributed by atoms with Crippen molar-refractivity contribution in [2.75, 3.05) is 7.05 Å². The molecule has 4 rings (SSSR count). The van der Waals surface area contributed by atoms with Gasteiger partial charge < -0.3 is 9.64 Å². The van der Waals surface area contributed by atoms with E-state index in [0.29, 0.717) is 12.8 Å². The van der Waals surface area contributed by atoms with Gasteiger partial charge in [0.15, 0.2) is 0 Å². The van der Waals surface area contributed by atoms with Crippen LogP contribution in [0.1, 0.15) is 48.1 Å². The minimum atomic E-state index is -0.564. The van der Waals surface area contributed by atoms with E-state index in [-0.39, 0.29) is 30.4 Å². The van der Waals surface area contributed by atoms with Gasteiger partial charge in [0.25, 0.3) is 5.91 Å². The molecule has 2 atom stereocenters. The minimum absolute atomic E-state index is 0.118. The zero-order chi connectivity index (χ0) is 27.9. The van der Waals surface area contributed by atoms with Crippen molar-refractivity contribution in [2.24, 2.45) is 10.9 Å². The third-order valence-electron chi connectivity index (χ3n) is 7.16. The summed E-state index contributed by atoms with van der Waals surface area (Å²) in [4.78, 5) is 34.6. The Bertz CT molecular complexity index is 1350. The first-order chi connectivity index (χ1) is 18.8. The van der Waals surface area contributed by atoms with Crippen LogP contribution in [-0.4, -0.2) is 40.8 Å². The van der Waals surface area contributed by atoms with Crippen LogP contribution >= 0.6 is 0 Å². The van der Waals surface area contributed by atoms with Gasteiger partial charge in [-0.15, -0.1) is 0 Å². The Balaban J connectivity index is 1.78. The summed E-state index contributed by atoms with van der Waals surface area (Å²) >= 11 is 0. The molecule has 0 saturated carbocycles. The predicted octanol–water partition coefficient (Wildman–Crippen LogP) is 6.77. The maximum Gasteiger partial charge on any atom is 0.421 e. The number of ether oxygens (including phenoxy) is 1. The third-order valence-corrected chi connectivity index (χ3v) is 7.16. The third kappa shape index (κ3) is 6.82. The van der Waals surface area contributed by atoms with Gasteiger partial charge in [-0.05, 0) is 49.5 Å². The Labute approximate surface area is 231 Å². The molecule has 1 saturated heterocycles. The number of hydrogen-bond acceptors (Lipinski definition) is 3. The van der Waals surface area contributed by atoms with Gasteiger partial charge in [0.05, 0.1) is 11.7 Å². The summed E-state index contributed by atoms with van der Waals surface area (Å²) in [5.41, 5.74) is 6.01. The van der Waals surface area contributed by atoms with Crippen LogP contribution in [0.3, 0.4) is 0 Å². The fourth-order valence-electron chi connectivity index (χ4n) is 4.43. The van der Waals surface area contributed by atoms with E-state index < -0.39 is 6.09 Å². The number of amides is 2. The first kappa shape index (κ1) is 27.8. The standard InChI is InChI=1S/C33H37N3O3/c1-6-25(4)31(37)34-32-35(5)29(20-26-16-12-23(2)13-17-26)30(21-27-18-14-24(3)15-19-27)36(32)33(38)39-22-28-10-8-7-9-11-28/h7-19,21,25,29H,6,20,22H2,1-5H3/b30-21-,34-32-. The number of carbonyl (C=O) groups is 2. The Morgan fingerprint density at radius 1 is 0.923 bits per heavy atom. The van der Waals surface area contributed by atoms with Crippen LogP contribution in [0.2, 0.25) is 0 Å².